The van der Waals surface area contributed by atoms with Crippen molar-refractivity contribution < 1.29 is 36.2 Å². The summed E-state index contributed by atoms with van der Waals surface area (Å²) >= 11 is 0. The second-order valence-electron chi connectivity index (χ2n) is 5.25. The number of nitrogens with one attached hydrogen (secondary N) is 2. The number of alkyl halides is 5. The highest BCUT2D eigenvalue weighted by molar-refractivity contribution is 5.89. The molecule has 0 radical (unpaired) electrons. The lowest BCUT2D eigenvalue weighted by atomic mass is 10.2. The topological polar surface area (TPSA) is 59.6 Å². The Balaban J connectivity index is 1.99. The molecule has 0 heterocycles. The molecule has 2 amide bonds. The summed E-state index contributed by atoms with van der Waals surface area (Å²) in [6.45, 7) is -3.12. The molecule has 5 nitrogen and oxygen atoms in total. The maximum atomic E-state index is 12.7. The summed E-state index contributed by atoms with van der Waals surface area (Å²) in [6, 6.07) is 7.54. The molecule has 2 aromatic rings. The Hall–Kier alpha value is -3.04. The first-order valence-corrected chi connectivity index (χ1v) is 7.53. The fourth-order valence-electron chi connectivity index (χ4n) is 2.15. The van der Waals surface area contributed by atoms with Crippen molar-refractivity contribution in [2.75, 3.05) is 12.4 Å². The van der Waals surface area contributed by atoms with E-state index in [2.05, 4.69) is 15.4 Å². The molecule has 27 heavy (non-hydrogen) atoms. The quantitative estimate of drug-likeness (QED) is 0.707. The van der Waals surface area contributed by atoms with E-state index in [0.29, 0.717) is 5.56 Å². The van der Waals surface area contributed by atoms with E-state index >= 15 is 0 Å². The van der Waals surface area contributed by atoms with Crippen LogP contribution in [-0.4, -0.2) is 19.8 Å². The average Bonchev–Trinajstić information content (AvgIpc) is 2.59. The molecule has 0 bridgehead atoms. The summed E-state index contributed by atoms with van der Waals surface area (Å²) in [5.74, 6) is -0.113. The fraction of sp³-hybridized carbons (Fsp3) is 0.235. The molecule has 0 atom stereocenters. The highest BCUT2D eigenvalue weighted by Gasteiger charge is 2.30. The van der Waals surface area contributed by atoms with Crippen molar-refractivity contribution in [3.8, 4) is 11.5 Å². The molecular formula is C17H15F5N2O3. The van der Waals surface area contributed by atoms with Crippen LogP contribution in [-0.2, 0) is 12.7 Å². The number of halogens is 5. The number of amides is 2. The first-order chi connectivity index (χ1) is 12.7. The van der Waals surface area contributed by atoms with Gasteiger partial charge in [0.25, 0.3) is 0 Å². The van der Waals surface area contributed by atoms with Gasteiger partial charge in [-0.25, -0.2) is 4.79 Å². The zero-order chi connectivity index (χ0) is 20.0. The van der Waals surface area contributed by atoms with Gasteiger partial charge in [0.2, 0.25) is 0 Å². The molecule has 0 saturated carbocycles. The minimum atomic E-state index is -4.53. The summed E-state index contributed by atoms with van der Waals surface area (Å²) in [7, 11) is 1.29. The van der Waals surface area contributed by atoms with Crippen molar-refractivity contribution in [3.63, 3.8) is 0 Å². The van der Waals surface area contributed by atoms with Crippen LogP contribution >= 0.6 is 0 Å². The molecule has 0 aliphatic heterocycles. The van der Waals surface area contributed by atoms with Crippen LogP contribution in [0.3, 0.4) is 0 Å². The number of hydrogen-bond donors (Lipinski definition) is 2. The van der Waals surface area contributed by atoms with Crippen molar-refractivity contribution >= 4 is 11.7 Å². The second-order valence-corrected chi connectivity index (χ2v) is 5.25. The van der Waals surface area contributed by atoms with Gasteiger partial charge in [-0.2, -0.15) is 22.0 Å². The lowest BCUT2D eigenvalue weighted by Gasteiger charge is -2.13. The minimum absolute atomic E-state index is 0.0428. The number of benzene rings is 2. The number of hydrogen-bond acceptors (Lipinski definition) is 3. The minimum Gasteiger partial charge on any atom is -0.493 e. The highest BCUT2D eigenvalue weighted by Crippen LogP contribution is 2.31. The molecule has 0 fully saturated rings. The van der Waals surface area contributed by atoms with Gasteiger partial charge in [0.05, 0.1) is 12.7 Å². The number of rotatable bonds is 6. The van der Waals surface area contributed by atoms with Gasteiger partial charge in [0.15, 0.2) is 11.5 Å². The zero-order valence-corrected chi connectivity index (χ0v) is 13.9. The third kappa shape index (κ3) is 6.01. The summed E-state index contributed by atoms with van der Waals surface area (Å²) in [5.41, 5.74) is -0.520. The molecule has 10 heteroatoms. The van der Waals surface area contributed by atoms with Crippen LogP contribution in [0.1, 0.15) is 11.1 Å². The van der Waals surface area contributed by atoms with Gasteiger partial charge in [-0.15, -0.1) is 0 Å². The number of methoxy groups -OCH3 is 1. The Morgan fingerprint density at radius 1 is 1.11 bits per heavy atom. The molecule has 0 unspecified atom stereocenters. The van der Waals surface area contributed by atoms with Gasteiger partial charge in [-0.05, 0) is 35.9 Å². The van der Waals surface area contributed by atoms with Gasteiger partial charge in [-0.3, -0.25) is 0 Å². The predicted molar refractivity (Wildman–Crippen MR) is 86.9 cm³/mol. The SMILES string of the molecule is COc1ccc(CNC(=O)Nc2cccc(C(F)(F)F)c2)cc1OC(F)F. The Kier molecular flexibility index (Phi) is 6.43. The Morgan fingerprint density at radius 3 is 2.48 bits per heavy atom. The molecule has 0 aromatic heterocycles. The number of carbonyl (C=O) groups is 1. The van der Waals surface area contributed by atoms with Crippen molar-refractivity contribution in [1.29, 1.82) is 0 Å². The van der Waals surface area contributed by atoms with Crippen LogP contribution in [0.15, 0.2) is 42.5 Å². The van der Waals surface area contributed by atoms with E-state index in [-0.39, 0.29) is 23.7 Å². The van der Waals surface area contributed by atoms with E-state index in [4.69, 9.17) is 4.74 Å². The van der Waals surface area contributed by atoms with E-state index in [1.54, 1.807) is 0 Å². The largest absolute Gasteiger partial charge is 0.493 e. The molecule has 0 aliphatic rings. The van der Waals surface area contributed by atoms with E-state index in [0.717, 1.165) is 18.2 Å². The van der Waals surface area contributed by atoms with Crippen LogP contribution in [0.4, 0.5) is 32.4 Å². The number of urea groups is 1. The maximum absolute atomic E-state index is 12.7. The smallest absolute Gasteiger partial charge is 0.416 e. The maximum Gasteiger partial charge on any atom is 0.416 e. The summed E-state index contributed by atoms with van der Waals surface area (Å²) in [5, 5.41) is 4.68. The van der Waals surface area contributed by atoms with E-state index in [9.17, 15) is 26.7 Å². The van der Waals surface area contributed by atoms with Crippen LogP contribution in [0, 0.1) is 0 Å². The molecule has 146 valence electrons. The molecule has 0 saturated heterocycles. The summed E-state index contributed by atoms with van der Waals surface area (Å²) in [6.07, 6.45) is -4.53. The molecular weight excluding hydrogens is 375 g/mol. The molecule has 2 aromatic carbocycles. The standard InChI is InChI=1S/C17H15F5N2O3/c1-26-13-6-5-10(7-14(13)27-15(18)19)9-23-16(25)24-12-4-2-3-11(8-12)17(20,21)22/h2-8,15H,9H2,1H3,(H2,23,24,25). The van der Waals surface area contributed by atoms with Crippen molar-refractivity contribution in [2.45, 2.75) is 19.3 Å². The van der Waals surface area contributed by atoms with Crippen molar-refractivity contribution in [1.82, 2.24) is 5.32 Å². The van der Waals surface area contributed by atoms with E-state index in [1.165, 1.54) is 31.4 Å². The van der Waals surface area contributed by atoms with E-state index < -0.39 is 24.4 Å². The first-order valence-electron chi connectivity index (χ1n) is 7.53. The third-order valence-electron chi connectivity index (χ3n) is 3.34. The van der Waals surface area contributed by atoms with Gasteiger partial charge in [0.1, 0.15) is 0 Å². The number of ether oxygens (including phenoxy) is 2. The monoisotopic (exact) mass is 390 g/mol. The Morgan fingerprint density at radius 2 is 1.85 bits per heavy atom. The second kappa shape index (κ2) is 8.56. The number of anilines is 1. The normalized spacial score (nSPS) is 11.2. The Bertz CT molecular complexity index is 796. The van der Waals surface area contributed by atoms with Gasteiger partial charge in [-0.1, -0.05) is 12.1 Å². The van der Waals surface area contributed by atoms with Crippen molar-refractivity contribution in [3.05, 3.63) is 53.6 Å². The first kappa shape index (κ1) is 20.3. The molecule has 0 aliphatic carbocycles. The van der Waals surface area contributed by atoms with Crippen LogP contribution in [0.25, 0.3) is 0 Å². The van der Waals surface area contributed by atoms with Gasteiger partial charge < -0.3 is 20.1 Å². The predicted octanol–water partition coefficient (Wildman–Crippen LogP) is 4.64. The van der Waals surface area contributed by atoms with Gasteiger partial charge >= 0.3 is 18.8 Å². The van der Waals surface area contributed by atoms with Crippen molar-refractivity contribution in [2.24, 2.45) is 0 Å². The van der Waals surface area contributed by atoms with Crippen LogP contribution < -0.4 is 20.1 Å². The lowest BCUT2D eigenvalue weighted by molar-refractivity contribution is -0.137. The highest BCUT2D eigenvalue weighted by atomic mass is 19.4. The molecule has 0 spiro atoms. The average molecular weight is 390 g/mol. The van der Waals surface area contributed by atoms with Crippen LogP contribution in [0.5, 0.6) is 11.5 Å². The molecule has 2 N–H and O–H groups in total. The van der Waals surface area contributed by atoms with Crippen LogP contribution in [0.2, 0.25) is 0 Å². The fourth-order valence-corrected chi connectivity index (χ4v) is 2.15. The lowest BCUT2D eigenvalue weighted by Crippen LogP contribution is -2.28. The third-order valence-corrected chi connectivity index (χ3v) is 3.34. The Labute approximate surface area is 151 Å². The zero-order valence-electron chi connectivity index (χ0n) is 13.9. The summed E-state index contributed by atoms with van der Waals surface area (Å²) in [4.78, 5) is 11.9. The van der Waals surface area contributed by atoms with Gasteiger partial charge in [0, 0.05) is 12.2 Å². The summed E-state index contributed by atoms with van der Waals surface area (Å²) < 4.78 is 72.0. The molecule has 2 rings (SSSR count). The number of carbonyl (C=O) groups excluding carboxylic acids is 1. The van der Waals surface area contributed by atoms with E-state index in [1.807, 2.05) is 0 Å².